The van der Waals surface area contributed by atoms with Crippen LogP contribution in [-0.2, 0) is 4.79 Å². The zero-order valence-corrected chi connectivity index (χ0v) is 17.6. The van der Waals surface area contributed by atoms with Crippen molar-refractivity contribution in [3.63, 3.8) is 0 Å². The maximum absolute atomic E-state index is 10.8. The van der Waals surface area contributed by atoms with Gasteiger partial charge in [0.25, 0.3) is 0 Å². The molecule has 162 valence electrons. The summed E-state index contributed by atoms with van der Waals surface area (Å²) < 4.78 is 0. The molecule has 1 heterocycles. The molecular weight excluding hydrogens is 414 g/mol. The topological polar surface area (TPSA) is 125 Å². The van der Waals surface area contributed by atoms with Gasteiger partial charge in [-0.05, 0) is 47.5 Å². The third kappa shape index (κ3) is 4.94. The number of nitrogens with one attached hydrogen (secondary N) is 2. The fraction of sp³-hybridized carbons (Fsp3) is 0. The van der Waals surface area contributed by atoms with Crippen molar-refractivity contribution in [1.29, 1.82) is 5.41 Å². The van der Waals surface area contributed by atoms with Crippen molar-refractivity contribution in [2.45, 2.75) is 0 Å². The van der Waals surface area contributed by atoms with E-state index in [2.05, 4.69) is 5.32 Å². The quantitative estimate of drug-likeness (QED) is 0.237. The van der Waals surface area contributed by atoms with E-state index in [1.807, 2.05) is 72.8 Å². The van der Waals surface area contributed by atoms with Gasteiger partial charge in [0.2, 0.25) is 0 Å². The number of allylic oxidation sites excluding steroid dienone is 1. The molecule has 3 aromatic carbocycles. The maximum Gasteiger partial charge on any atom is 0.328 e. The normalized spacial score (nSPS) is 11.6. The van der Waals surface area contributed by atoms with Gasteiger partial charge in [-0.25, -0.2) is 14.8 Å². The van der Waals surface area contributed by atoms with Crippen LogP contribution < -0.4 is 11.1 Å². The number of rotatable bonds is 7. The molecule has 7 nitrogen and oxygen atoms in total. The summed E-state index contributed by atoms with van der Waals surface area (Å²) in [6, 6.07) is 22.7. The molecular formula is C26H21N5O2. The molecule has 0 bridgehead atoms. The fourth-order valence-electron chi connectivity index (χ4n) is 3.36. The number of fused-ring (bicyclic) bond motifs is 1. The lowest BCUT2D eigenvalue weighted by atomic mass is 10.1. The van der Waals surface area contributed by atoms with Gasteiger partial charge in [-0.1, -0.05) is 42.5 Å². The monoisotopic (exact) mass is 435 g/mol. The minimum Gasteiger partial charge on any atom is -0.478 e. The molecule has 0 aliphatic carbocycles. The van der Waals surface area contributed by atoms with Crippen molar-refractivity contribution in [1.82, 2.24) is 9.97 Å². The van der Waals surface area contributed by atoms with E-state index in [9.17, 15) is 4.79 Å². The maximum atomic E-state index is 10.8. The van der Waals surface area contributed by atoms with Crippen LogP contribution in [0.4, 0.5) is 11.5 Å². The smallest absolute Gasteiger partial charge is 0.328 e. The number of anilines is 2. The van der Waals surface area contributed by atoms with Gasteiger partial charge in [0.1, 0.15) is 5.82 Å². The van der Waals surface area contributed by atoms with Crippen LogP contribution in [0, 0.1) is 5.41 Å². The second-order valence-electron chi connectivity index (χ2n) is 7.18. The number of hydrogen-bond acceptors (Lipinski definition) is 6. The summed E-state index contributed by atoms with van der Waals surface area (Å²) in [5, 5.41) is 20.6. The lowest BCUT2D eigenvalue weighted by Gasteiger charge is -2.12. The standard InChI is InChI=1S/C26H21N5O2/c27-15-20(16-28)18-9-11-21(12-10-18)29-26-22-6-1-2-7-23(22)30-25(31-26)19-5-3-4-17(14-19)8-13-24(32)33/h1-16,27H,28H2,(H,32,33)(H,29,30,31)/b13-8+,20-16?,27-15?. The minimum absolute atomic E-state index is 0.524. The summed E-state index contributed by atoms with van der Waals surface area (Å²) in [5.74, 6) is 0.168. The second kappa shape index (κ2) is 9.57. The van der Waals surface area contributed by atoms with Crippen LogP contribution in [0.1, 0.15) is 11.1 Å². The molecule has 0 atom stereocenters. The van der Waals surface area contributed by atoms with Gasteiger partial charge in [0.05, 0.1) is 5.52 Å². The van der Waals surface area contributed by atoms with E-state index < -0.39 is 5.97 Å². The average Bonchev–Trinajstić information content (AvgIpc) is 2.84. The van der Waals surface area contributed by atoms with Crippen LogP contribution in [0.15, 0.2) is 85.1 Å². The van der Waals surface area contributed by atoms with Crippen molar-refractivity contribution in [2.24, 2.45) is 5.73 Å². The number of aromatic nitrogens is 2. The van der Waals surface area contributed by atoms with E-state index in [0.29, 0.717) is 17.2 Å². The Kier molecular flexibility index (Phi) is 6.22. The first-order chi connectivity index (χ1) is 16.1. The fourth-order valence-corrected chi connectivity index (χ4v) is 3.36. The zero-order valence-electron chi connectivity index (χ0n) is 17.6. The SMILES string of the molecule is N=CC(=CN)c1ccc(Nc2nc(-c3cccc(/C=C/C(=O)O)c3)nc3ccccc23)cc1. The van der Waals surface area contributed by atoms with Crippen LogP contribution in [0.25, 0.3) is 33.9 Å². The number of carboxylic acid groups (broad SMARTS) is 1. The van der Waals surface area contributed by atoms with Crippen molar-refractivity contribution < 1.29 is 9.90 Å². The van der Waals surface area contributed by atoms with Crippen LogP contribution in [0.2, 0.25) is 0 Å². The summed E-state index contributed by atoms with van der Waals surface area (Å²) in [5.41, 5.74) is 10.2. The van der Waals surface area contributed by atoms with E-state index in [1.54, 1.807) is 0 Å². The molecule has 5 N–H and O–H groups in total. The van der Waals surface area contributed by atoms with Gasteiger partial charge in [-0.2, -0.15) is 0 Å². The Balaban J connectivity index is 1.73. The first-order valence-corrected chi connectivity index (χ1v) is 10.2. The summed E-state index contributed by atoms with van der Waals surface area (Å²) >= 11 is 0. The Bertz CT molecular complexity index is 1390. The van der Waals surface area contributed by atoms with Crippen LogP contribution in [0.3, 0.4) is 0 Å². The Morgan fingerprint density at radius 3 is 2.52 bits per heavy atom. The molecule has 0 aliphatic rings. The van der Waals surface area contributed by atoms with Gasteiger partial charge in [0, 0.05) is 40.7 Å². The minimum atomic E-state index is -1.01. The number of hydrogen-bond donors (Lipinski definition) is 4. The molecule has 0 unspecified atom stereocenters. The van der Waals surface area contributed by atoms with Crippen molar-refractivity contribution in [2.75, 3.05) is 5.32 Å². The van der Waals surface area contributed by atoms with Crippen LogP contribution in [-0.4, -0.2) is 27.3 Å². The predicted octanol–water partition coefficient (Wildman–Crippen LogP) is 5.09. The zero-order chi connectivity index (χ0) is 23.2. The molecule has 33 heavy (non-hydrogen) atoms. The largest absolute Gasteiger partial charge is 0.478 e. The molecule has 0 radical (unpaired) electrons. The van der Waals surface area contributed by atoms with Gasteiger partial charge in [0.15, 0.2) is 5.82 Å². The van der Waals surface area contributed by atoms with Crippen LogP contribution >= 0.6 is 0 Å². The highest BCUT2D eigenvalue weighted by Crippen LogP contribution is 2.28. The number of para-hydroxylation sites is 1. The van der Waals surface area contributed by atoms with E-state index >= 15 is 0 Å². The van der Waals surface area contributed by atoms with Crippen molar-refractivity contribution in [3.05, 3.63) is 96.2 Å². The third-order valence-electron chi connectivity index (χ3n) is 4.98. The first kappa shape index (κ1) is 21.5. The average molecular weight is 435 g/mol. The molecule has 0 saturated carbocycles. The number of nitrogens with zero attached hydrogens (tertiary/aromatic N) is 2. The molecule has 4 aromatic rings. The number of carbonyl (C=O) groups is 1. The highest BCUT2D eigenvalue weighted by atomic mass is 16.4. The third-order valence-corrected chi connectivity index (χ3v) is 4.98. The Hall–Kier alpha value is -4.78. The Morgan fingerprint density at radius 2 is 1.79 bits per heavy atom. The number of aliphatic carboxylic acids is 1. The summed E-state index contributed by atoms with van der Waals surface area (Å²) in [6.07, 6.45) is 5.25. The second-order valence-corrected chi connectivity index (χ2v) is 7.18. The molecule has 0 fully saturated rings. The van der Waals surface area contributed by atoms with E-state index in [0.717, 1.165) is 39.4 Å². The van der Waals surface area contributed by atoms with Gasteiger partial charge < -0.3 is 21.6 Å². The van der Waals surface area contributed by atoms with E-state index in [-0.39, 0.29) is 0 Å². The van der Waals surface area contributed by atoms with Gasteiger partial charge >= 0.3 is 5.97 Å². The predicted molar refractivity (Wildman–Crippen MR) is 132 cm³/mol. The highest BCUT2D eigenvalue weighted by Gasteiger charge is 2.10. The molecule has 0 aliphatic heterocycles. The number of nitrogens with two attached hydrogens (primary N) is 1. The number of carboxylic acids is 1. The molecule has 4 rings (SSSR count). The lowest BCUT2D eigenvalue weighted by Crippen LogP contribution is -2.00. The highest BCUT2D eigenvalue weighted by molar-refractivity contribution is 6.08. The van der Waals surface area contributed by atoms with Crippen LogP contribution in [0.5, 0.6) is 0 Å². The molecule has 1 aromatic heterocycles. The Morgan fingerprint density at radius 1 is 1.00 bits per heavy atom. The molecule has 0 amide bonds. The summed E-state index contributed by atoms with van der Waals surface area (Å²) in [4.78, 5) is 20.3. The summed E-state index contributed by atoms with van der Waals surface area (Å²) in [6.45, 7) is 0. The van der Waals surface area contributed by atoms with Gasteiger partial charge in [-0.3, -0.25) is 0 Å². The Labute approximate surface area is 190 Å². The van der Waals surface area contributed by atoms with Crippen molar-refractivity contribution >= 4 is 46.2 Å². The molecule has 7 heteroatoms. The van der Waals surface area contributed by atoms with E-state index in [4.69, 9.17) is 26.2 Å². The molecule has 0 saturated heterocycles. The lowest BCUT2D eigenvalue weighted by molar-refractivity contribution is -0.131. The first-order valence-electron chi connectivity index (χ1n) is 10.2. The van der Waals surface area contributed by atoms with E-state index in [1.165, 1.54) is 18.5 Å². The van der Waals surface area contributed by atoms with Crippen molar-refractivity contribution in [3.8, 4) is 11.4 Å². The molecule has 0 spiro atoms. The van der Waals surface area contributed by atoms with Gasteiger partial charge in [-0.15, -0.1) is 0 Å². The summed E-state index contributed by atoms with van der Waals surface area (Å²) in [7, 11) is 0. The number of benzene rings is 3.